The summed E-state index contributed by atoms with van der Waals surface area (Å²) in [4.78, 5) is 0. The lowest BCUT2D eigenvalue weighted by atomic mass is 9.87. The molecule has 0 aliphatic carbocycles. The van der Waals surface area contributed by atoms with Gasteiger partial charge in [-0.25, -0.2) is 0 Å². The minimum absolute atomic E-state index is 0.213. The zero-order valence-electron chi connectivity index (χ0n) is 14.4. The van der Waals surface area contributed by atoms with Gasteiger partial charge < -0.3 is 10.1 Å². The zero-order valence-corrected chi connectivity index (χ0v) is 14.4. The molecule has 120 valence electrons. The maximum atomic E-state index is 5.80. The van der Waals surface area contributed by atoms with Crippen LogP contribution in [0.1, 0.15) is 65.4 Å². The SMILES string of the molecule is CCCNCCCCCCOc1ccc(C(C)(C)C)cc1. The van der Waals surface area contributed by atoms with Crippen molar-refractivity contribution in [2.24, 2.45) is 0 Å². The van der Waals surface area contributed by atoms with Crippen LogP contribution in [0.15, 0.2) is 24.3 Å². The predicted molar refractivity (Wildman–Crippen MR) is 92.3 cm³/mol. The van der Waals surface area contributed by atoms with Crippen LogP contribution >= 0.6 is 0 Å². The molecular weight excluding hydrogens is 258 g/mol. The zero-order chi connectivity index (χ0) is 15.6. The van der Waals surface area contributed by atoms with E-state index in [1.807, 2.05) is 0 Å². The van der Waals surface area contributed by atoms with E-state index in [1.165, 1.54) is 31.2 Å². The largest absolute Gasteiger partial charge is 0.494 e. The topological polar surface area (TPSA) is 21.3 Å². The van der Waals surface area contributed by atoms with E-state index in [2.05, 4.69) is 57.3 Å². The van der Waals surface area contributed by atoms with Crippen molar-refractivity contribution in [1.82, 2.24) is 5.32 Å². The Morgan fingerprint density at radius 1 is 0.905 bits per heavy atom. The lowest BCUT2D eigenvalue weighted by Crippen LogP contribution is -2.15. The van der Waals surface area contributed by atoms with Gasteiger partial charge in [0, 0.05) is 0 Å². The van der Waals surface area contributed by atoms with Crippen molar-refractivity contribution in [3.8, 4) is 5.75 Å². The fraction of sp³-hybridized carbons (Fsp3) is 0.684. The van der Waals surface area contributed by atoms with Gasteiger partial charge in [-0.1, -0.05) is 52.7 Å². The Kier molecular flexibility index (Phi) is 8.44. The predicted octanol–water partition coefficient (Wildman–Crippen LogP) is 4.92. The van der Waals surface area contributed by atoms with E-state index in [4.69, 9.17) is 4.74 Å². The van der Waals surface area contributed by atoms with Crippen molar-refractivity contribution in [1.29, 1.82) is 0 Å². The van der Waals surface area contributed by atoms with Crippen molar-refractivity contribution in [2.45, 2.75) is 65.2 Å². The second-order valence-corrected chi connectivity index (χ2v) is 6.79. The molecule has 1 N–H and O–H groups in total. The van der Waals surface area contributed by atoms with Crippen LogP contribution in [0.4, 0.5) is 0 Å². The first-order chi connectivity index (χ1) is 10.0. The molecule has 0 saturated carbocycles. The van der Waals surface area contributed by atoms with E-state index < -0.39 is 0 Å². The minimum atomic E-state index is 0.213. The van der Waals surface area contributed by atoms with Gasteiger partial charge in [-0.05, 0) is 55.5 Å². The molecule has 0 radical (unpaired) electrons. The van der Waals surface area contributed by atoms with Crippen molar-refractivity contribution < 1.29 is 4.74 Å². The molecule has 21 heavy (non-hydrogen) atoms. The molecule has 0 aliphatic heterocycles. The van der Waals surface area contributed by atoms with Crippen LogP contribution in [0.3, 0.4) is 0 Å². The number of ether oxygens (including phenoxy) is 1. The summed E-state index contributed by atoms with van der Waals surface area (Å²) in [6, 6.07) is 8.54. The van der Waals surface area contributed by atoms with Crippen LogP contribution < -0.4 is 10.1 Å². The third kappa shape index (κ3) is 8.11. The highest BCUT2D eigenvalue weighted by Gasteiger charge is 2.12. The van der Waals surface area contributed by atoms with Crippen LogP contribution in [0, 0.1) is 0 Å². The number of rotatable bonds is 10. The Bertz CT molecular complexity index is 364. The average molecular weight is 291 g/mol. The van der Waals surface area contributed by atoms with Gasteiger partial charge in [-0.15, -0.1) is 0 Å². The molecule has 1 aromatic rings. The fourth-order valence-electron chi connectivity index (χ4n) is 2.25. The second kappa shape index (κ2) is 9.83. The number of hydrogen-bond donors (Lipinski definition) is 1. The highest BCUT2D eigenvalue weighted by molar-refractivity contribution is 5.31. The molecule has 0 bridgehead atoms. The van der Waals surface area contributed by atoms with Crippen molar-refractivity contribution >= 4 is 0 Å². The van der Waals surface area contributed by atoms with Crippen LogP contribution in [0.2, 0.25) is 0 Å². The van der Waals surface area contributed by atoms with Crippen molar-refractivity contribution in [2.75, 3.05) is 19.7 Å². The molecule has 1 aromatic carbocycles. The summed E-state index contributed by atoms with van der Waals surface area (Å²) in [6.07, 6.45) is 6.20. The van der Waals surface area contributed by atoms with E-state index >= 15 is 0 Å². The summed E-state index contributed by atoms with van der Waals surface area (Å²) in [7, 11) is 0. The summed E-state index contributed by atoms with van der Waals surface area (Å²) < 4.78 is 5.80. The van der Waals surface area contributed by atoms with Gasteiger partial charge in [-0.2, -0.15) is 0 Å². The summed E-state index contributed by atoms with van der Waals surface area (Å²) in [5, 5.41) is 3.44. The standard InChI is InChI=1S/C19H33NO/c1-5-14-20-15-8-6-7-9-16-21-18-12-10-17(11-13-18)19(2,3)4/h10-13,20H,5-9,14-16H2,1-4H3. The summed E-state index contributed by atoms with van der Waals surface area (Å²) >= 11 is 0. The summed E-state index contributed by atoms with van der Waals surface area (Å²) in [6.45, 7) is 12.0. The highest BCUT2D eigenvalue weighted by atomic mass is 16.5. The third-order valence-electron chi connectivity index (χ3n) is 3.66. The molecule has 0 spiro atoms. The van der Waals surface area contributed by atoms with E-state index in [0.717, 1.165) is 31.9 Å². The monoisotopic (exact) mass is 291 g/mol. The molecule has 0 atom stereocenters. The van der Waals surface area contributed by atoms with Crippen molar-refractivity contribution in [3.05, 3.63) is 29.8 Å². The maximum Gasteiger partial charge on any atom is 0.119 e. The van der Waals surface area contributed by atoms with Crippen molar-refractivity contribution in [3.63, 3.8) is 0 Å². The first kappa shape index (κ1) is 18.0. The van der Waals surface area contributed by atoms with E-state index in [9.17, 15) is 0 Å². The van der Waals surface area contributed by atoms with E-state index in [0.29, 0.717) is 0 Å². The van der Waals surface area contributed by atoms with E-state index in [-0.39, 0.29) is 5.41 Å². The molecule has 1 rings (SSSR count). The molecule has 2 nitrogen and oxygen atoms in total. The maximum absolute atomic E-state index is 5.80. The average Bonchev–Trinajstić information content (AvgIpc) is 2.45. The van der Waals surface area contributed by atoms with Gasteiger partial charge >= 0.3 is 0 Å². The molecule has 0 heterocycles. The normalized spacial score (nSPS) is 11.6. The molecule has 0 aliphatic rings. The molecule has 0 unspecified atom stereocenters. The third-order valence-corrected chi connectivity index (χ3v) is 3.66. The van der Waals surface area contributed by atoms with Gasteiger partial charge in [0.1, 0.15) is 5.75 Å². The highest BCUT2D eigenvalue weighted by Crippen LogP contribution is 2.24. The quantitative estimate of drug-likeness (QED) is 0.618. The van der Waals surface area contributed by atoms with Gasteiger partial charge in [0.25, 0.3) is 0 Å². The molecule has 0 saturated heterocycles. The van der Waals surface area contributed by atoms with Crippen LogP contribution in [0.5, 0.6) is 5.75 Å². The van der Waals surface area contributed by atoms with Gasteiger partial charge in [0.15, 0.2) is 0 Å². The van der Waals surface area contributed by atoms with Gasteiger partial charge in [0.05, 0.1) is 6.61 Å². The van der Waals surface area contributed by atoms with Gasteiger partial charge in [-0.3, -0.25) is 0 Å². The Hall–Kier alpha value is -1.02. The van der Waals surface area contributed by atoms with Crippen LogP contribution in [-0.2, 0) is 5.41 Å². The number of benzene rings is 1. The van der Waals surface area contributed by atoms with Crippen LogP contribution in [0.25, 0.3) is 0 Å². The molecular formula is C19H33NO. The van der Waals surface area contributed by atoms with Gasteiger partial charge in [0.2, 0.25) is 0 Å². The van der Waals surface area contributed by atoms with E-state index in [1.54, 1.807) is 0 Å². The smallest absolute Gasteiger partial charge is 0.119 e. The number of unbranched alkanes of at least 4 members (excludes halogenated alkanes) is 3. The summed E-state index contributed by atoms with van der Waals surface area (Å²) in [5.41, 5.74) is 1.57. The minimum Gasteiger partial charge on any atom is -0.494 e. The summed E-state index contributed by atoms with van der Waals surface area (Å²) in [5.74, 6) is 0.993. The second-order valence-electron chi connectivity index (χ2n) is 6.79. The molecule has 0 amide bonds. The lowest BCUT2D eigenvalue weighted by Gasteiger charge is -2.19. The first-order valence-electron chi connectivity index (χ1n) is 8.48. The fourth-order valence-corrected chi connectivity index (χ4v) is 2.25. The Balaban J connectivity index is 2.08. The Morgan fingerprint density at radius 2 is 1.57 bits per heavy atom. The first-order valence-corrected chi connectivity index (χ1v) is 8.48. The Labute approximate surface area is 131 Å². The number of nitrogens with one attached hydrogen (secondary N) is 1. The number of hydrogen-bond acceptors (Lipinski definition) is 2. The molecule has 0 aromatic heterocycles. The molecule has 0 fully saturated rings. The Morgan fingerprint density at radius 3 is 2.19 bits per heavy atom. The molecule has 2 heteroatoms. The lowest BCUT2D eigenvalue weighted by molar-refractivity contribution is 0.304. The van der Waals surface area contributed by atoms with Crippen LogP contribution in [-0.4, -0.2) is 19.7 Å².